The second kappa shape index (κ2) is 8.05. The minimum Gasteiger partial charge on any atom is -0.470 e. The first-order chi connectivity index (χ1) is 12.6. The average Bonchev–Trinajstić information content (AvgIpc) is 3.29. The monoisotopic (exact) mass is 373 g/mol. The highest BCUT2D eigenvalue weighted by Crippen LogP contribution is 2.23. The second-order valence-corrected chi connectivity index (χ2v) is 6.13. The molecule has 0 aliphatic heterocycles. The first kappa shape index (κ1) is 18.0. The summed E-state index contributed by atoms with van der Waals surface area (Å²) in [5.74, 6) is 0.400. The van der Waals surface area contributed by atoms with Gasteiger partial charge in [0.1, 0.15) is 11.4 Å². The Labute approximate surface area is 156 Å². The molecule has 0 saturated heterocycles. The van der Waals surface area contributed by atoms with E-state index in [1.807, 2.05) is 29.8 Å². The average molecular weight is 374 g/mol. The predicted molar refractivity (Wildman–Crippen MR) is 98.0 cm³/mol. The molecule has 0 fully saturated rings. The number of hydrogen-bond donors (Lipinski definition) is 0. The highest BCUT2D eigenvalue weighted by atomic mass is 35.5. The van der Waals surface area contributed by atoms with Crippen molar-refractivity contribution in [1.82, 2.24) is 24.5 Å². The Bertz CT molecular complexity index is 889. The summed E-state index contributed by atoms with van der Waals surface area (Å²) >= 11 is 6.09. The molecule has 1 amide bonds. The zero-order valence-electron chi connectivity index (χ0n) is 14.7. The summed E-state index contributed by atoms with van der Waals surface area (Å²) in [6.45, 7) is 3.33. The summed E-state index contributed by atoms with van der Waals surface area (Å²) in [4.78, 5) is 14.4. The van der Waals surface area contributed by atoms with E-state index in [1.54, 1.807) is 42.5 Å². The summed E-state index contributed by atoms with van der Waals surface area (Å²) in [6, 6.07) is 10.8. The first-order valence-electron chi connectivity index (χ1n) is 8.25. The van der Waals surface area contributed by atoms with Gasteiger partial charge in [-0.05, 0) is 31.2 Å². The largest absolute Gasteiger partial charge is 0.470 e. The molecule has 0 radical (unpaired) electrons. The van der Waals surface area contributed by atoms with Gasteiger partial charge in [0.25, 0.3) is 5.91 Å². The maximum atomic E-state index is 12.8. The number of hydrogen-bond acceptors (Lipinski definition) is 4. The Morgan fingerprint density at radius 3 is 2.65 bits per heavy atom. The van der Waals surface area contributed by atoms with Crippen molar-refractivity contribution in [3.05, 3.63) is 65.2 Å². The fourth-order valence-corrected chi connectivity index (χ4v) is 2.79. The summed E-state index contributed by atoms with van der Waals surface area (Å²) < 4.78 is 9.05. The third-order valence-corrected chi connectivity index (χ3v) is 4.28. The molecule has 2 heterocycles. The SMILES string of the molecule is CCn1nccc1CN(C)C(=O)c1ccnn1COc1ccccc1Cl. The highest BCUT2D eigenvalue weighted by Gasteiger charge is 2.18. The van der Waals surface area contributed by atoms with Gasteiger partial charge in [0.2, 0.25) is 0 Å². The quantitative estimate of drug-likeness (QED) is 0.638. The number of carbonyl (C=O) groups is 1. The van der Waals surface area contributed by atoms with Gasteiger partial charge in [-0.15, -0.1) is 0 Å². The van der Waals surface area contributed by atoms with E-state index in [0.717, 1.165) is 12.2 Å². The van der Waals surface area contributed by atoms with E-state index >= 15 is 0 Å². The molecule has 0 N–H and O–H groups in total. The lowest BCUT2D eigenvalue weighted by atomic mass is 10.3. The van der Waals surface area contributed by atoms with Gasteiger partial charge in [0.15, 0.2) is 6.73 Å². The topological polar surface area (TPSA) is 65.2 Å². The van der Waals surface area contributed by atoms with Gasteiger partial charge >= 0.3 is 0 Å². The molecular weight excluding hydrogens is 354 g/mol. The molecule has 0 saturated carbocycles. The van der Waals surface area contributed by atoms with Crippen LogP contribution >= 0.6 is 11.6 Å². The van der Waals surface area contributed by atoms with Gasteiger partial charge in [-0.2, -0.15) is 10.2 Å². The maximum absolute atomic E-state index is 12.8. The molecule has 0 bridgehead atoms. The molecule has 3 aromatic rings. The maximum Gasteiger partial charge on any atom is 0.272 e. The third kappa shape index (κ3) is 3.88. The number of carbonyl (C=O) groups excluding carboxylic acids is 1. The first-order valence-corrected chi connectivity index (χ1v) is 8.63. The Kier molecular flexibility index (Phi) is 5.58. The van der Waals surface area contributed by atoms with Crippen LogP contribution in [0.5, 0.6) is 5.75 Å². The summed E-state index contributed by atoms with van der Waals surface area (Å²) in [5, 5.41) is 8.92. The van der Waals surface area contributed by atoms with E-state index in [2.05, 4.69) is 10.2 Å². The summed E-state index contributed by atoms with van der Waals surface area (Å²) in [6.07, 6.45) is 3.31. The lowest BCUT2D eigenvalue weighted by Gasteiger charge is -2.18. The highest BCUT2D eigenvalue weighted by molar-refractivity contribution is 6.32. The number of aromatic nitrogens is 4. The molecule has 0 unspecified atom stereocenters. The molecule has 2 aromatic heterocycles. The third-order valence-electron chi connectivity index (χ3n) is 3.96. The minimum absolute atomic E-state index is 0.0958. The van der Waals surface area contributed by atoms with Crippen molar-refractivity contribution < 1.29 is 9.53 Å². The second-order valence-electron chi connectivity index (χ2n) is 5.72. The van der Waals surface area contributed by atoms with Gasteiger partial charge in [0, 0.05) is 26.0 Å². The standard InChI is InChI=1S/C18H20ClN5O2/c1-3-23-14(8-10-20-23)12-22(2)18(25)16-9-11-21-24(16)13-26-17-7-5-4-6-15(17)19/h4-11H,3,12-13H2,1-2H3. The van der Waals surface area contributed by atoms with Crippen molar-refractivity contribution in [3.8, 4) is 5.75 Å². The molecule has 7 nitrogen and oxygen atoms in total. The van der Waals surface area contributed by atoms with Gasteiger partial charge < -0.3 is 9.64 Å². The van der Waals surface area contributed by atoms with Crippen molar-refractivity contribution in [1.29, 1.82) is 0 Å². The Morgan fingerprint density at radius 1 is 1.15 bits per heavy atom. The van der Waals surface area contributed by atoms with Crippen LogP contribution in [-0.2, 0) is 19.8 Å². The van der Waals surface area contributed by atoms with Crippen molar-refractivity contribution in [2.75, 3.05) is 7.05 Å². The number of amides is 1. The zero-order chi connectivity index (χ0) is 18.5. The van der Waals surface area contributed by atoms with Crippen LogP contribution < -0.4 is 4.74 Å². The Morgan fingerprint density at radius 2 is 1.88 bits per heavy atom. The van der Waals surface area contributed by atoms with Crippen LogP contribution in [-0.4, -0.2) is 37.4 Å². The molecule has 3 rings (SSSR count). The van der Waals surface area contributed by atoms with E-state index in [1.165, 1.54) is 4.68 Å². The molecule has 26 heavy (non-hydrogen) atoms. The van der Waals surface area contributed by atoms with E-state index in [-0.39, 0.29) is 12.6 Å². The van der Waals surface area contributed by atoms with Gasteiger partial charge in [-0.25, -0.2) is 4.68 Å². The zero-order valence-corrected chi connectivity index (χ0v) is 15.4. The number of ether oxygens (including phenoxy) is 1. The Balaban J connectivity index is 1.69. The van der Waals surface area contributed by atoms with Crippen LogP contribution in [0.15, 0.2) is 48.8 Å². The normalized spacial score (nSPS) is 10.7. The number of para-hydroxylation sites is 1. The van der Waals surface area contributed by atoms with E-state index < -0.39 is 0 Å². The van der Waals surface area contributed by atoms with Gasteiger partial charge in [-0.1, -0.05) is 23.7 Å². The van der Waals surface area contributed by atoms with Gasteiger partial charge in [-0.3, -0.25) is 9.48 Å². The van der Waals surface area contributed by atoms with E-state index in [4.69, 9.17) is 16.3 Å². The molecule has 8 heteroatoms. The van der Waals surface area contributed by atoms with Crippen molar-refractivity contribution in [2.45, 2.75) is 26.7 Å². The number of rotatable bonds is 7. The molecule has 0 atom stereocenters. The predicted octanol–water partition coefficient (Wildman–Crippen LogP) is 3.06. The fourth-order valence-electron chi connectivity index (χ4n) is 2.60. The summed E-state index contributed by atoms with van der Waals surface area (Å²) in [5.41, 5.74) is 1.42. The van der Waals surface area contributed by atoms with Crippen LogP contribution in [0, 0.1) is 0 Å². The minimum atomic E-state index is -0.144. The molecule has 0 aliphatic carbocycles. The molecule has 136 valence electrons. The fraction of sp³-hybridized carbons (Fsp3) is 0.278. The van der Waals surface area contributed by atoms with Crippen molar-refractivity contribution in [3.63, 3.8) is 0 Å². The summed E-state index contributed by atoms with van der Waals surface area (Å²) in [7, 11) is 1.75. The number of halogens is 1. The van der Waals surface area contributed by atoms with E-state index in [0.29, 0.717) is 23.0 Å². The molecular formula is C18H20ClN5O2. The number of nitrogens with zero attached hydrogens (tertiary/aromatic N) is 5. The van der Waals surface area contributed by atoms with Crippen molar-refractivity contribution >= 4 is 17.5 Å². The Hall–Kier alpha value is -2.80. The molecule has 0 aliphatic rings. The number of aryl methyl sites for hydroxylation is 1. The lowest BCUT2D eigenvalue weighted by Crippen LogP contribution is -2.30. The smallest absolute Gasteiger partial charge is 0.272 e. The molecule has 1 aromatic carbocycles. The molecule has 0 spiro atoms. The van der Waals surface area contributed by atoms with Crippen LogP contribution in [0.25, 0.3) is 0 Å². The van der Waals surface area contributed by atoms with E-state index in [9.17, 15) is 4.79 Å². The van der Waals surface area contributed by atoms with Crippen molar-refractivity contribution in [2.24, 2.45) is 0 Å². The lowest BCUT2D eigenvalue weighted by molar-refractivity contribution is 0.0758. The number of benzene rings is 1. The van der Waals surface area contributed by atoms with Crippen LogP contribution in [0.4, 0.5) is 0 Å². The van der Waals surface area contributed by atoms with Crippen LogP contribution in [0.3, 0.4) is 0 Å². The van der Waals surface area contributed by atoms with Gasteiger partial charge in [0.05, 0.1) is 17.3 Å². The van der Waals surface area contributed by atoms with Crippen LogP contribution in [0.2, 0.25) is 5.02 Å². The van der Waals surface area contributed by atoms with Crippen LogP contribution in [0.1, 0.15) is 23.1 Å².